The van der Waals surface area contributed by atoms with E-state index in [9.17, 15) is 0 Å². The molecule has 0 saturated carbocycles. The third-order valence-electron chi connectivity index (χ3n) is 7.93. The van der Waals surface area contributed by atoms with Gasteiger partial charge in [0.05, 0.1) is 18.0 Å². The molecule has 0 unspecified atom stereocenters. The van der Waals surface area contributed by atoms with E-state index in [-0.39, 0.29) is 5.41 Å². The number of H-pyrrole nitrogens is 1. The van der Waals surface area contributed by atoms with Crippen molar-refractivity contribution in [1.82, 2.24) is 24.9 Å². The second-order valence-electron chi connectivity index (χ2n) is 10.5. The predicted octanol–water partition coefficient (Wildman–Crippen LogP) is 5.50. The lowest BCUT2D eigenvalue weighted by molar-refractivity contribution is 0.340. The summed E-state index contributed by atoms with van der Waals surface area (Å²) >= 11 is 0. The number of nitriles is 1. The van der Waals surface area contributed by atoms with Crippen molar-refractivity contribution >= 4 is 17.5 Å². The fraction of sp³-hybridized carbons (Fsp3) is 0.323. The third kappa shape index (κ3) is 4.65. The number of rotatable bonds is 6. The maximum atomic E-state index is 9.06. The molecule has 0 amide bonds. The SMILES string of the molecule is CCOc1ccc(-c2nc(C3(C)CCN(c4ncnc5c4C=C(c4ccc(C#N)nc4)C5)CC3)[nH]c2C)cc1. The first-order valence-electron chi connectivity index (χ1n) is 13.4. The van der Waals surface area contributed by atoms with Crippen molar-refractivity contribution in [2.75, 3.05) is 24.6 Å². The van der Waals surface area contributed by atoms with Crippen molar-refractivity contribution in [3.05, 3.63) is 83.0 Å². The number of allylic oxidation sites excluding steroid dienone is 1. The summed E-state index contributed by atoms with van der Waals surface area (Å²) in [6.45, 7) is 8.83. The van der Waals surface area contributed by atoms with Crippen LogP contribution >= 0.6 is 0 Å². The number of fused-ring (bicyclic) bond motifs is 1. The van der Waals surface area contributed by atoms with Crippen molar-refractivity contribution < 1.29 is 4.74 Å². The molecule has 1 N–H and O–H groups in total. The van der Waals surface area contributed by atoms with Crippen LogP contribution in [0.2, 0.25) is 0 Å². The van der Waals surface area contributed by atoms with Gasteiger partial charge in [0.2, 0.25) is 0 Å². The van der Waals surface area contributed by atoms with Crippen LogP contribution in [0, 0.1) is 18.3 Å². The fourth-order valence-electron chi connectivity index (χ4n) is 5.55. The summed E-state index contributed by atoms with van der Waals surface area (Å²) in [5, 5.41) is 9.06. The molecule has 3 aromatic heterocycles. The monoisotopic (exact) mass is 517 g/mol. The van der Waals surface area contributed by atoms with Gasteiger partial charge < -0.3 is 14.6 Å². The van der Waals surface area contributed by atoms with Crippen molar-refractivity contribution in [3.8, 4) is 23.1 Å². The highest BCUT2D eigenvalue weighted by Crippen LogP contribution is 2.40. The molecule has 196 valence electrons. The first-order valence-corrected chi connectivity index (χ1v) is 13.4. The number of hydrogen-bond donors (Lipinski definition) is 1. The van der Waals surface area contributed by atoms with E-state index in [1.807, 2.05) is 25.1 Å². The summed E-state index contributed by atoms with van der Waals surface area (Å²) in [6.07, 6.45) is 8.30. The van der Waals surface area contributed by atoms with Crippen molar-refractivity contribution in [2.24, 2.45) is 0 Å². The highest BCUT2D eigenvalue weighted by molar-refractivity contribution is 5.91. The number of pyridine rings is 1. The molecule has 1 aromatic carbocycles. The third-order valence-corrected chi connectivity index (χ3v) is 7.93. The molecule has 1 fully saturated rings. The summed E-state index contributed by atoms with van der Waals surface area (Å²) in [5.41, 5.74) is 7.85. The molecular formula is C31H31N7O. The predicted molar refractivity (Wildman–Crippen MR) is 151 cm³/mol. The number of aromatic nitrogens is 5. The van der Waals surface area contributed by atoms with Gasteiger partial charge in [-0.1, -0.05) is 13.0 Å². The van der Waals surface area contributed by atoms with Crippen LogP contribution in [-0.4, -0.2) is 44.6 Å². The first kappa shape index (κ1) is 24.8. The number of piperidine rings is 1. The van der Waals surface area contributed by atoms with Gasteiger partial charge in [-0.15, -0.1) is 0 Å². The zero-order valence-corrected chi connectivity index (χ0v) is 22.5. The minimum atomic E-state index is -0.0455. The summed E-state index contributed by atoms with van der Waals surface area (Å²) in [6, 6.07) is 14.0. The van der Waals surface area contributed by atoms with Gasteiger partial charge in [-0.2, -0.15) is 5.26 Å². The number of aryl methyl sites for hydroxylation is 1. The van der Waals surface area contributed by atoms with Gasteiger partial charge in [0, 0.05) is 47.9 Å². The highest BCUT2D eigenvalue weighted by Gasteiger charge is 2.36. The maximum Gasteiger partial charge on any atom is 0.140 e. The normalized spacial score (nSPS) is 15.9. The molecule has 39 heavy (non-hydrogen) atoms. The molecule has 4 heterocycles. The Kier molecular flexibility index (Phi) is 6.35. The molecule has 2 aliphatic rings. The van der Waals surface area contributed by atoms with Crippen LogP contribution in [0.3, 0.4) is 0 Å². The van der Waals surface area contributed by atoms with Gasteiger partial charge in [-0.05, 0) is 74.2 Å². The number of imidazole rings is 1. The quantitative estimate of drug-likeness (QED) is 0.360. The van der Waals surface area contributed by atoms with E-state index in [1.54, 1.807) is 18.6 Å². The van der Waals surface area contributed by atoms with Crippen LogP contribution in [-0.2, 0) is 11.8 Å². The van der Waals surface area contributed by atoms with Crippen molar-refractivity contribution in [3.63, 3.8) is 0 Å². The lowest BCUT2D eigenvalue weighted by Gasteiger charge is -2.39. The number of nitrogens with one attached hydrogen (secondary N) is 1. The second-order valence-corrected chi connectivity index (χ2v) is 10.5. The van der Waals surface area contributed by atoms with Gasteiger partial charge in [0.15, 0.2) is 0 Å². The first-order chi connectivity index (χ1) is 19.0. The lowest BCUT2D eigenvalue weighted by atomic mass is 9.79. The van der Waals surface area contributed by atoms with Gasteiger partial charge in [0.25, 0.3) is 0 Å². The Morgan fingerprint density at radius 1 is 1.05 bits per heavy atom. The van der Waals surface area contributed by atoms with Gasteiger partial charge >= 0.3 is 0 Å². The minimum Gasteiger partial charge on any atom is -0.494 e. The molecule has 4 aromatic rings. The maximum absolute atomic E-state index is 9.06. The Bertz CT molecular complexity index is 1570. The minimum absolute atomic E-state index is 0.0455. The number of aromatic amines is 1. The highest BCUT2D eigenvalue weighted by atomic mass is 16.5. The second kappa shape index (κ2) is 9.99. The molecular weight excluding hydrogens is 486 g/mol. The van der Waals surface area contributed by atoms with E-state index < -0.39 is 0 Å². The summed E-state index contributed by atoms with van der Waals surface area (Å²) in [7, 11) is 0. The molecule has 0 spiro atoms. The van der Waals surface area contributed by atoms with E-state index in [0.717, 1.165) is 89.1 Å². The topological polar surface area (TPSA) is 104 Å². The number of benzene rings is 1. The zero-order chi connectivity index (χ0) is 27.0. The van der Waals surface area contributed by atoms with Gasteiger partial charge in [-0.3, -0.25) is 0 Å². The molecule has 1 aliphatic carbocycles. The van der Waals surface area contributed by atoms with Crippen LogP contribution in [0.15, 0.2) is 48.9 Å². The Balaban J connectivity index is 1.19. The Morgan fingerprint density at radius 3 is 2.51 bits per heavy atom. The fourth-order valence-corrected chi connectivity index (χ4v) is 5.55. The van der Waals surface area contributed by atoms with Gasteiger partial charge in [0.1, 0.15) is 35.5 Å². The Hall–Kier alpha value is -4.51. The smallest absolute Gasteiger partial charge is 0.140 e. The standard InChI is InChI=1S/C31H31N7O/c1-4-39-25-9-6-21(7-10-25)28-20(2)36-30(37-28)31(3)11-13-38(14-12-31)29-26-15-23(16-27(26)34-19-35-29)22-5-8-24(17-32)33-18-22/h5-10,15,18-19H,4,11-14,16H2,1-3H3,(H,36,37). The lowest BCUT2D eigenvalue weighted by Crippen LogP contribution is -2.42. The number of hydrogen-bond acceptors (Lipinski definition) is 7. The van der Waals surface area contributed by atoms with E-state index in [4.69, 9.17) is 20.0 Å². The molecule has 0 atom stereocenters. The summed E-state index contributed by atoms with van der Waals surface area (Å²) in [5.74, 6) is 2.91. The van der Waals surface area contributed by atoms with Crippen LogP contribution in [0.5, 0.6) is 5.75 Å². The van der Waals surface area contributed by atoms with Crippen LogP contribution in [0.4, 0.5) is 5.82 Å². The van der Waals surface area contributed by atoms with E-state index in [0.29, 0.717) is 12.3 Å². The van der Waals surface area contributed by atoms with Crippen LogP contribution < -0.4 is 9.64 Å². The number of ether oxygens (including phenoxy) is 1. The molecule has 6 rings (SSSR count). The average Bonchev–Trinajstić information content (AvgIpc) is 3.58. The van der Waals surface area contributed by atoms with Crippen molar-refractivity contribution in [1.29, 1.82) is 5.26 Å². The molecule has 1 aliphatic heterocycles. The van der Waals surface area contributed by atoms with E-state index >= 15 is 0 Å². The molecule has 8 nitrogen and oxygen atoms in total. The zero-order valence-electron chi connectivity index (χ0n) is 22.5. The number of nitrogens with zero attached hydrogens (tertiary/aromatic N) is 6. The Morgan fingerprint density at radius 2 is 1.82 bits per heavy atom. The van der Waals surface area contributed by atoms with Gasteiger partial charge in [-0.25, -0.2) is 19.9 Å². The largest absolute Gasteiger partial charge is 0.494 e. The molecule has 0 bridgehead atoms. The summed E-state index contributed by atoms with van der Waals surface area (Å²) in [4.78, 5) is 24.6. The van der Waals surface area contributed by atoms with E-state index in [1.165, 1.54) is 0 Å². The average molecular weight is 518 g/mol. The van der Waals surface area contributed by atoms with E-state index in [2.05, 4.69) is 58.0 Å². The number of anilines is 1. The molecule has 1 saturated heterocycles. The summed E-state index contributed by atoms with van der Waals surface area (Å²) < 4.78 is 5.60. The van der Waals surface area contributed by atoms with Crippen LogP contribution in [0.1, 0.15) is 60.7 Å². The Labute approximate surface area is 228 Å². The van der Waals surface area contributed by atoms with Crippen molar-refractivity contribution in [2.45, 2.75) is 45.4 Å². The molecule has 8 heteroatoms. The molecule has 0 radical (unpaired) electrons. The van der Waals surface area contributed by atoms with Crippen LogP contribution in [0.25, 0.3) is 22.9 Å².